The van der Waals surface area contributed by atoms with Crippen LogP contribution in [0.5, 0.6) is 5.75 Å². The number of nitrogen functional groups attached to an aromatic ring is 1. The molecule has 0 unspecified atom stereocenters. The van der Waals surface area contributed by atoms with Gasteiger partial charge in [-0.2, -0.15) is 0 Å². The molecule has 6 nitrogen and oxygen atoms in total. The van der Waals surface area contributed by atoms with Gasteiger partial charge in [-0.25, -0.2) is 4.79 Å². The van der Waals surface area contributed by atoms with Crippen molar-refractivity contribution < 1.29 is 19.4 Å². The van der Waals surface area contributed by atoms with Gasteiger partial charge >= 0.3 is 5.97 Å². The number of carboxylic acids is 1. The maximum absolute atomic E-state index is 13.0. The van der Waals surface area contributed by atoms with Crippen LogP contribution in [0.15, 0.2) is 18.2 Å². The first-order chi connectivity index (χ1) is 10.2. The van der Waals surface area contributed by atoms with Crippen LogP contribution >= 0.6 is 0 Å². The van der Waals surface area contributed by atoms with Crippen LogP contribution in [0, 0.1) is 0 Å². The zero-order valence-electron chi connectivity index (χ0n) is 13.3. The normalized spacial score (nSPS) is 16.9. The van der Waals surface area contributed by atoms with E-state index in [9.17, 15) is 14.7 Å². The van der Waals surface area contributed by atoms with Crippen molar-refractivity contribution in [3.63, 3.8) is 0 Å². The summed E-state index contributed by atoms with van der Waals surface area (Å²) in [4.78, 5) is 26.0. The smallest absolute Gasteiger partial charge is 0.329 e. The molecule has 2 rings (SSSR count). The molecule has 0 aromatic heterocycles. The molecule has 1 aromatic rings. The summed E-state index contributed by atoms with van der Waals surface area (Å²) in [5.74, 6) is -0.952. The Morgan fingerprint density at radius 2 is 1.95 bits per heavy atom. The number of hydrogen-bond donors (Lipinski definition) is 2. The van der Waals surface area contributed by atoms with Crippen molar-refractivity contribution in [2.75, 3.05) is 10.6 Å². The summed E-state index contributed by atoms with van der Waals surface area (Å²) < 4.78 is 5.95. The molecule has 0 bridgehead atoms. The van der Waals surface area contributed by atoms with Crippen molar-refractivity contribution in [3.05, 3.63) is 18.2 Å². The van der Waals surface area contributed by atoms with Crippen LogP contribution in [0.2, 0.25) is 0 Å². The van der Waals surface area contributed by atoms with Crippen LogP contribution in [0.1, 0.15) is 40.5 Å². The highest BCUT2D eigenvalue weighted by Gasteiger charge is 2.52. The molecule has 1 heterocycles. The minimum atomic E-state index is -1.40. The maximum atomic E-state index is 13.0. The van der Waals surface area contributed by atoms with E-state index in [2.05, 4.69) is 0 Å². The Labute approximate surface area is 129 Å². The minimum Gasteiger partial charge on any atom is -0.480 e. The lowest BCUT2D eigenvalue weighted by molar-refractivity contribution is -0.148. The molecule has 0 atom stereocenters. The first-order valence-corrected chi connectivity index (χ1v) is 7.36. The van der Waals surface area contributed by atoms with Gasteiger partial charge in [0.15, 0.2) is 5.60 Å². The molecule has 1 aliphatic rings. The van der Waals surface area contributed by atoms with Crippen molar-refractivity contribution in [2.24, 2.45) is 0 Å². The van der Waals surface area contributed by atoms with Crippen molar-refractivity contribution in [1.82, 2.24) is 0 Å². The van der Waals surface area contributed by atoms with Crippen molar-refractivity contribution in [1.29, 1.82) is 0 Å². The summed E-state index contributed by atoms with van der Waals surface area (Å²) in [5, 5.41) is 9.56. The van der Waals surface area contributed by atoms with Gasteiger partial charge in [-0.1, -0.05) is 13.8 Å². The van der Waals surface area contributed by atoms with Crippen LogP contribution in [-0.2, 0) is 9.59 Å². The number of anilines is 2. The van der Waals surface area contributed by atoms with Crippen LogP contribution < -0.4 is 15.4 Å². The van der Waals surface area contributed by atoms with Crippen molar-refractivity contribution >= 4 is 23.3 Å². The van der Waals surface area contributed by atoms with Gasteiger partial charge in [0.1, 0.15) is 11.3 Å². The van der Waals surface area contributed by atoms with Gasteiger partial charge in [-0.15, -0.1) is 0 Å². The van der Waals surface area contributed by atoms with E-state index in [0.29, 0.717) is 30.0 Å². The lowest BCUT2D eigenvalue weighted by atomic mass is 9.89. The average Bonchev–Trinajstić information content (AvgIpc) is 2.46. The molecule has 6 heteroatoms. The molecule has 120 valence electrons. The maximum Gasteiger partial charge on any atom is 0.329 e. The van der Waals surface area contributed by atoms with E-state index < -0.39 is 17.1 Å². The Balaban J connectivity index is 2.71. The third-order valence-electron chi connectivity index (χ3n) is 4.35. The zero-order valence-corrected chi connectivity index (χ0v) is 13.3. The molecular weight excluding hydrogens is 284 g/mol. The van der Waals surface area contributed by atoms with Crippen LogP contribution in [0.3, 0.4) is 0 Å². The number of nitrogens with two attached hydrogens (primary N) is 1. The van der Waals surface area contributed by atoms with Crippen molar-refractivity contribution in [3.8, 4) is 5.75 Å². The van der Waals surface area contributed by atoms with E-state index in [0.717, 1.165) is 0 Å². The van der Waals surface area contributed by atoms with E-state index in [1.54, 1.807) is 18.2 Å². The SMILES string of the molecule is CCC1(CC)Oc2ccc(N)cc2N(C(C)(C)C(=O)O)C1=O. The number of carbonyl (C=O) groups is 2. The number of nitrogens with zero attached hydrogens (tertiary/aromatic N) is 1. The number of carbonyl (C=O) groups excluding carboxylic acids is 1. The lowest BCUT2D eigenvalue weighted by Gasteiger charge is -2.46. The Morgan fingerprint density at radius 3 is 2.45 bits per heavy atom. The molecule has 3 N–H and O–H groups in total. The van der Waals surface area contributed by atoms with Gasteiger partial charge in [0.05, 0.1) is 5.69 Å². The predicted molar refractivity (Wildman–Crippen MR) is 84.0 cm³/mol. The second kappa shape index (κ2) is 5.19. The molecule has 0 spiro atoms. The number of benzene rings is 1. The third kappa shape index (κ3) is 2.19. The Kier molecular flexibility index (Phi) is 3.81. The fourth-order valence-corrected chi connectivity index (χ4v) is 2.71. The number of fused-ring (bicyclic) bond motifs is 1. The first-order valence-electron chi connectivity index (χ1n) is 7.36. The number of amides is 1. The van der Waals surface area contributed by atoms with Gasteiger partial charge < -0.3 is 15.6 Å². The van der Waals surface area contributed by atoms with E-state index in [1.165, 1.54) is 18.7 Å². The fraction of sp³-hybridized carbons (Fsp3) is 0.500. The van der Waals surface area contributed by atoms with Crippen LogP contribution in [0.25, 0.3) is 0 Å². The van der Waals surface area contributed by atoms with Gasteiger partial charge in [0, 0.05) is 5.69 Å². The third-order valence-corrected chi connectivity index (χ3v) is 4.35. The van der Waals surface area contributed by atoms with E-state index >= 15 is 0 Å². The number of aliphatic carboxylic acids is 1. The van der Waals surface area contributed by atoms with Crippen LogP contribution in [0.4, 0.5) is 11.4 Å². The van der Waals surface area contributed by atoms with Gasteiger partial charge in [0.25, 0.3) is 5.91 Å². The lowest BCUT2D eigenvalue weighted by Crippen LogP contribution is -2.64. The molecule has 0 fully saturated rings. The number of ether oxygens (including phenoxy) is 1. The minimum absolute atomic E-state index is 0.344. The zero-order chi connectivity index (χ0) is 16.7. The topological polar surface area (TPSA) is 92.9 Å². The van der Waals surface area contributed by atoms with E-state index in [-0.39, 0.29) is 5.91 Å². The molecule has 1 amide bonds. The molecule has 0 saturated heterocycles. The van der Waals surface area contributed by atoms with E-state index in [4.69, 9.17) is 10.5 Å². The molecule has 0 saturated carbocycles. The summed E-state index contributed by atoms with van der Waals surface area (Å²) in [6.45, 7) is 6.72. The number of carboxylic acid groups (broad SMARTS) is 1. The molecule has 0 radical (unpaired) electrons. The largest absolute Gasteiger partial charge is 0.480 e. The second-order valence-corrected chi connectivity index (χ2v) is 6.04. The summed E-state index contributed by atoms with van der Waals surface area (Å²) in [5.41, 5.74) is 4.20. The second-order valence-electron chi connectivity index (χ2n) is 6.04. The summed E-state index contributed by atoms with van der Waals surface area (Å²) in [6, 6.07) is 4.94. The highest BCUT2D eigenvalue weighted by molar-refractivity contribution is 6.08. The van der Waals surface area contributed by atoms with Crippen LogP contribution in [-0.4, -0.2) is 28.1 Å². The van der Waals surface area contributed by atoms with Gasteiger partial charge in [-0.3, -0.25) is 9.69 Å². The predicted octanol–water partition coefficient (Wildman–Crippen LogP) is 2.42. The molecule has 1 aromatic carbocycles. The standard InChI is InChI=1S/C16H22N2O4/c1-5-16(6-2)13(19)18(15(3,4)14(20)21)11-9-10(17)7-8-12(11)22-16/h7-9H,5-6,17H2,1-4H3,(H,20,21). The quantitative estimate of drug-likeness (QED) is 0.833. The molecule has 0 aliphatic carbocycles. The molecular formula is C16H22N2O4. The molecule has 22 heavy (non-hydrogen) atoms. The van der Waals surface area contributed by atoms with Gasteiger partial charge in [0.2, 0.25) is 0 Å². The number of rotatable bonds is 4. The average molecular weight is 306 g/mol. The highest BCUT2D eigenvalue weighted by atomic mass is 16.5. The Hall–Kier alpha value is -2.24. The Bertz CT molecular complexity index is 621. The first kappa shape index (κ1) is 16.1. The highest BCUT2D eigenvalue weighted by Crippen LogP contribution is 2.44. The van der Waals surface area contributed by atoms with E-state index in [1.807, 2.05) is 13.8 Å². The molecule has 1 aliphatic heterocycles. The van der Waals surface area contributed by atoms with Crippen molar-refractivity contribution in [2.45, 2.75) is 51.7 Å². The summed E-state index contributed by atoms with van der Waals surface area (Å²) in [6.07, 6.45) is 0.913. The fourth-order valence-electron chi connectivity index (χ4n) is 2.71. The monoisotopic (exact) mass is 306 g/mol. The summed E-state index contributed by atoms with van der Waals surface area (Å²) >= 11 is 0. The summed E-state index contributed by atoms with van der Waals surface area (Å²) in [7, 11) is 0. The van der Waals surface area contributed by atoms with Gasteiger partial charge in [-0.05, 0) is 44.9 Å². The Morgan fingerprint density at radius 1 is 1.36 bits per heavy atom. The number of hydrogen-bond acceptors (Lipinski definition) is 4.